The zero-order valence-corrected chi connectivity index (χ0v) is 18.0. The van der Waals surface area contributed by atoms with Crippen LogP contribution in [0.15, 0.2) is 48.7 Å². The van der Waals surface area contributed by atoms with Crippen LogP contribution in [0.1, 0.15) is 26.3 Å². The standard InChI is InChI=1S/C23H28N4O4/c1-23(2,3)31-22(29)25-11-10-15-13-26-20-9-8-18(12-19(15)20)30-14-21(28)27-17-6-4-16(24)5-7-17/h4-9,12-13,26H,10-11,14,24H2,1-3H3,(H,25,29)(H,27,28). The minimum Gasteiger partial charge on any atom is -0.484 e. The van der Waals surface area contributed by atoms with E-state index >= 15 is 0 Å². The van der Waals surface area contributed by atoms with E-state index in [2.05, 4.69) is 15.6 Å². The number of nitrogens with two attached hydrogens (primary N) is 1. The van der Waals surface area contributed by atoms with E-state index in [1.807, 2.05) is 39.1 Å². The van der Waals surface area contributed by atoms with Crippen LogP contribution in [0.4, 0.5) is 16.2 Å². The zero-order valence-electron chi connectivity index (χ0n) is 18.0. The number of aromatic amines is 1. The Morgan fingerprint density at radius 3 is 2.55 bits per heavy atom. The van der Waals surface area contributed by atoms with Crippen molar-refractivity contribution in [3.8, 4) is 5.75 Å². The van der Waals surface area contributed by atoms with Gasteiger partial charge in [-0.1, -0.05) is 0 Å². The van der Waals surface area contributed by atoms with Crippen LogP contribution in [0, 0.1) is 0 Å². The van der Waals surface area contributed by atoms with Crippen LogP contribution >= 0.6 is 0 Å². The van der Waals surface area contributed by atoms with Crippen LogP contribution in [0.2, 0.25) is 0 Å². The molecule has 0 aliphatic carbocycles. The maximum atomic E-state index is 12.1. The number of aromatic nitrogens is 1. The number of hydrogen-bond acceptors (Lipinski definition) is 5. The van der Waals surface area contributed by atoms with Gasteiger partial charge in [-0.2, -0.15) is 0 Å². The average molecular weight is 425 g/mol. The van der Waals surface area contributed by atoms with Crippen LogP contribution < -0.4 is 21.1 Å². The highest BCUT2D eigenvalue weighted by Crippen LogP contribution is 2.24. The molecule has 3 aromatic rings. The summed E-state index contributed by atoms with van der Waals surface area (Å²) in [6.07, 6.45) is 2.09. The minimum atomic E-state index is -0.530. The summed E-state index contributed by atoms with van der Waals surface area (Å²) in [5.41, 5.74) is 8.38. The summed E-state index contributed by atoms with van der Waals surface area (Å²) in [6, 6.07) is 12.5. The fourth-order valence-electron chi connectivity index (χ4n) is 2.98. The summed E-state index contributed by atoms with van der Waals surface area (Å²) < 4.78 is 10.9. The summed E-state index contributed by atoms with van der Waals surface area (Å²) in [5.74, 6) is 0.321. The lowest BCUT2D eigenvalue weighted by molar-refractivity contribution is -0.118. The lowest BCUT2D eigenvalue weighted by Crippen LogP contribution is -2.33. The Morgan fingerprint density at radius 1 is 1.10 bits per heavy atom. The topological polar surface area (TPSA) is 118 Å². The minimum absolute atomic E-state index is 0.115. The van der Waals surface area contributed by atoms with E-state index in [4.69, 9.17) is 15.2 Å². The molecule has 8 nitrogen and oxygen atoms in total. The molecule has 8 heteroatoms. The van der Waals surface area contributed by atoms with Gasteiger partial charge in [-0.25, -0.2) is 4.79 Å². The van der Waals surface area contributed by atoms with E-state index in [1.54, 1.807) is 30.3 Å². The van der Waals surface area contributed by atoms with E-state index < -0.39 is 11.7 Å². The van der Waals surface area contributed by atoms with Gasteiger partial charge in [0.1, 0.15) is 11.4 Å². The van der Waals surface area contributed by atoms with Crippen LogP contribution in [-0.4, -0.2) is 35.7 Å². The number of alkyl carbamates (subject to hydrolysis) is 1. The van der Waals surface area contributed by atoms with Crippen molar-refractivity contribution in [3.63, 3.8) is 0 Å². The first-order valence-corrected chi connectivity index (χ1v) is 10.0. The molecule has 0 fully saturated rings. The normalized spacial score (nSPS) is 11.2. The Labute approximate surface area is 181 Å². The SMILES string of the molecule is CC(C)(C)OC(=O)NCCc1c[nH]c2ccc(OCC(=O)Nc3ccc(N)cc3)cc12. The van der Waals surface area contributed by atoms with Crippen molar-refractivity contribution >= 4 is 34.3 Å². The number of ether oxygens (including phenoxy) is 2. The zero-order chi connectivity index (χ0) is 22.4. The predicted molar refractivity (Wildman–Crippen MR) is 121 cm³/mol. The molecule has 2 aromatic carbocycles. The Bertz CT molecular complexity index is 1050. The number of anilines is 2. The maximum absolute atomic E-state index is 12.1. The van der Waals surface area contributed by atoms with Gasteiger partial charge in [0.05, 0.1) is 0 Å². The molecule has 0 atom stereocenters. The maximum Gasteiger partial charge on any atom is 0.407 e. The van der Waals surface area contributed by atoms with Crippen molar-refractivity contribution in [2.45, 2.75) is 32.8 Å². The molecule has 1 heterocycles. The molecular weight excluding hydrogens is 396 g/mol. The van der Waals surface area contributed by atoms with E-state index in [1.165, 1.54) is 0 Å². The van der Waals surface area contributed by atoms with Crippen molar-refractivity contribution < 1.29 is 19.1 Å². The number of nitrogen functional groups attached to an aromatic ring is 1. The molecule has 0 saturated carbocycles. The average Bonchev–Trinajstić information content (AvgIpc) is 3.09. The molecule has 0 unspecified atom stereocenters. The van der Waals surface area contributed by atoms with Gasteiger partial charge in [0.2, 0.25) is 0 Å². The first kappa shape index (κ1) is 22.0. The van der Waals surface area contributed by atoms with Crippen LogP contribution in [0.5, 0.6) is 5.75 Å². The van der Waals surface area contributed by atoms with Gasteiger partial charge in [-0.3, -0.25) is 4.79 Å². The number of carbonyl (C=O) groups is 2. The number of fused-ring (bicyclic) bond motifs is 1. The quantitative estimate of drug-likeness (QED) is 0.430. The first-order chi connectivity index (χ1) is 14.7. The third-order valence-corrected chi connectivity index (χ3v) is 4.37. The lowest BCUT2D eigenvalue weighted by atomic mass is 10.1. The molecule has 0 bridgehead atoms. The number of rotatable bonds is 7. The van der Waals surface area contributed by atoms with Crippen LogP contribution in [0.3, 0.4) is 0 Å². The molecule has 0 saturated heterocycles. The number of hydrogen-bond donors (Lipinski definition) is 4. The fraction of sp³-hybridized carbons (Fsp3) is 0.304. The largest absolute Gasteiger partial charge is 0.484 e. The lowest BCUT2D eigenvalue weighted by Gasteiger charge is -2.19. The van der Waals surface area contributed by atoms with Gasteiger partial charge in [0.15, 0.2) is 6.61 Å². The third-order valence-electron chi connectivity index (χ3n) is 4.37. The Hall–Kier alpha value is -3.68. The molecule has 0 radical (unpaired) electrons. The van der Waals surface area contributed by atoms with Gasteiger partial charge in [-0.05, 0) is 75.2 Å². The molecule has 0 spiro atoms. The summed E-state index contributed by atoms with van der Waals surface area (Å²) in [5, 5.41) is 6.49. The van der Waals surface area contributed by atoms with Crippen molar-refractivity contribution in [3.05, 3.63) is 54.2 Å². The summed E-state index contributed by atoms with van der Waals surface area (Å²) in [6.45, 7) is 5.80. The van der Waals surface area contributed by atoms with E-state index in [-0.39, 0.29) is 12.5 Å². The second-order valence-electron chi connectivity index (χ2n) is 8.16. The summed E-state index contributed by atoms with van der Waals surface area (Å²) in [7, 11) is 0. The van der Waals surface area contributed by atoms with Crippen molar-refractivity contribution in [1.82, 2.24) is 10.3 Å². The highest BCUT2D eigenvalue weighted by molar-refractivity contribution is 5.92. The van der Waals surface area contributed by atoms with Gasteiger partial charge in [0, 0.05) is 35.0 Å². The second-order valence-corrected chi connectivity index (χ2v) is 8.16. The summed E-state index contributed by atoms with van der Waals surface area (Å²) >= 11 is 0. The number of H-pyrrole nitrogens is 1. The number of nitrogens with one attached hydrogen (secondary N) is 3. The van der Waals surface area contributed by atoms with Crippen LogP contribution in [0.25, 0.3) is 10.9 Å². The molecule has 5 N–H and O–H groups in total. The Balaban J connectivity index is 1.55. The highest BCUT2D eigenvalue weighted by atomic mass is 16.6. The van der Waals surface area contributed by atoms with Crippen molar-refractivity contribution in [1.29, 1.82) is 0 Å². The van der Waals surface area contributed by atoms with Gasteiger partial charge < -0.3 is 30.8 Å². The molecular formula is C23H28N4O4. The smallest absolute Gasteiger partial charge is 0.407 e. The predicted octanol–water partition coefficient (Wildman–Crippen LogP) is 3.83. The van der Waals surface area contributed by atoms with E-state index in [9.17, 15) is 9.59 Å². The second kappa shape index (κ2) is 9.42. The van der Waals surface area contributed by atoms with Gasteiger partial charge >= 0.3 is 6.09 Å². The number of benzene rings is 2. The monoisotopic (exact) mass is 424 g/mol. The first-order valence-electron chi connectivity index (χ1n) is 10.0. The van der Waals surface area contributed by atoms with Crippen molar-refractivity contribution in [2.75, 3.05) is 24.2 Å². The number of carbonyl (C=O) groups excluding carboxylic acids is 2. The molecule has 0 aliphatic heterocycles. The highest BCUT2D eigenvalue weighted by Gasteiger charge is 2.16. The Kier molecular flexibility index (Phi) is 6.69. The molecule has 0 aliphatic rings. The molecule has 1 aromatic heterocycles. The molecule has 2 amide bonds. The number of amides is 2. The van der Waals surface area contributed by atoms with Gasteiger partial charge in [0.25, 0.3) is 5.91 Å². The third kappa shape index (κ3) is 6.67. The van der Waals surface area contributed by atoms with Gasteiger partial charge in [-0.15, -0.1) is 0 Å². The fourth-order valence-corrected chi connectivity index (χ4v) is 2.98. The molecule has 31 heavy (non-hydrogen) atoms. The van der Waals surface area contributed by atoms with E-state index in [0.717, 1.165) is 16.5 Å². The molecule has 3 rings (SSSR count). The van der Waals surface area contributed by atoms with E-state index in [0.29, 0.717) is 30.1 Å². The summed E-state index contributed by atoms with van der Waals surface area (Å²) in [4.78, 5) is 27.1. The Morgan fingerprint density at radius 2 is 1.84 bits per heavy atom. The molecule has 164 valence electrons. The van der Waals surface area contributed by atoms with Crippen molar-refractivity contribution in [2.24, 2.45) is 0 Å². The van der Waals surface area contributed by atoms with Crippen LogP contribution in [-0.2, 0) is 16.0 Å².